The molecule has 4 nitrogen and oxygen atoms in total. The summed E-state index contributed by atoms with van der Waals surface area (Å²) in [5, 5.41) is 0. The number of nitrogens with two attached hydrogens (primary N) is 1. The monoisotopic (exact) mass is 295 g/mol. The molecule has 0 spiro atoms. The van der Waals surface area contributed by atoms with Crippen molar-refractivity contribution in [3.05, 3.63) is 23.7 Å². The minimum atomic E-state index is 0.201. The van der Waals surface area contributed by atoms with E-state index in [2.05, 4.69) is 49.6 Å². The van der Waals surface area contributed by atoms with E-state index in [0.29, 0.717) is 6.54 Å². The molecule has 1 aromatic rings. The molecule has 0 saturated heterocycles. The predicted molar refractivity (Wildman–Crippen MR) is 89.5 cm³/mol. The van der Waals surface area contributed by atoms with E-state index in [1.165, 1.54) is 6.42 Å². The Morgan fingerprint density at radius 2 is 1.76 bits per heavy atom. The highest BCUT2D eigenvalue weighted by atomic mass is 16.3. The zero-order chi connectivity index (χ0) is 15.7. The molecular weight excluding hydrogens is 262 g/mol. The first kappa shape index (κ1) is 18.2. The lowest BCUT2D eigenvalue weighted by molar-refractivity contribution is 0.173. The third-order valence-electron chi connectivity index (χ3n) is 4.24. The maximum atomic E-state index is 6.00. The van der Waals surface area contributed by atoms with E-state index < -0.39 is 0 Å². The second-order valence-corrected chi connectivity index (χ2v) is 5.42. The van der Waals surface area contributed by atoms with Crippen molar-refractivity contribution in [3.8, 4) is 0 Å². The topological polar surface area (TPSA) is 45.6 Å². The fraction of sp³-hybridized carbons (Fsp3) is 0.765. The van der Waals surface area contributed by atoms with Gasteiger partial charge in [0.25, 0.3) is 0 Å². The number of nitrogens with zero attached hydrogens (tertiary/aromatic N) is 2. The third kappa shape index (κ3) is 5.46. The van der Waals surface area contributed by atoms with E-state index in [1.807, 2.05) is 0 Å². The normalized spacial score (nSPS) is 13.3. The van der Waals surface area contributed by atoms with Crippen LogP contribution in [0.15, 0.2) is 16.5 Å². The van der Waals surface area contributed by atoms with Crippen LogP contribution >= 0.6 is 0 Å². The van der Waals surface area contributed by atoms with Gasteiger partial charge in [0, 0.05) is 19.5 Å². The lowest BCUT2D eigenvalue weighted by Crippen LogP contribution is -2.36. The second kappa shape index (κ2) is 9.98. The predicted octanol–water partition coefficient (Wildman–Crippen LogP) is 2.90. The SMILES string of the molecule is CCc1ccc(C(CN)N(CC)CCCN(CC)CC)o1. The highest BCUT2D eigenvalue weighted by Crippen LogP contribution is 2.22. The summed E-state index contributed by atoms with van der Waals surface area (Å²) in [6.07, 6.45) is 2.11. The summed E-state index contributed by atoms with van der Waals surface area (Å²) in [4.78, 5) is 4.90. The smallest absolute Gasteiger partial charge is 0.122 e. The number of rotatable bonds is 11. The Kier molecular flexibility index (Phi) is 8.66. The molecule has 1 rings (SSSR count). The second-order valence-electron chi connectivity index (χ2n) is 5.42. The summed E-state index contributed by atoms with van der Waals surface area (Å²) < 4.78 is 5.91. The van der Waals surface area contributed by atoms with Gasteiger partial charge in [-0.25, -0.2) is 0 Å². The molecule has 1 atom stereocenters. The molecule has 0 fully saturated rings. The first-order valence-corrected chi connectivity index (χ1v) is 8.45. The third-order valence-corrected chi connectivity index (χ3v) is 4.24. The first-order valence-electron chi connectivity index (χ1n) is 8.45. The van der Waals surface area contributed by atoms with Gasteiger partial charge in [-0.15, -0.1) is 0 Å². The van der Waals surface area contributed by atoms with Crippen molar-refractivity contribution >= 4 is 0 Å². The molecule has 21 heavy (non-hydrogen) atoms. The molecule has 0 aliphatic heterocycles. The fourth-order valence-corrected chi connectivity index (χ4v) is 2.78. The minimum Gasteiger partial charge on any atom is -0.464 e. The van der Waals surface area contributed by atoms with E-state index >= 15 is 0 Å². The van der Waals surface area contributed by atoms with Crippen molar-refractivity contribution in [2.45, 2.75) is 46.6 Å². The van der Waals surface area contributed by atoms with Gasteiger partial charge in [0.05, 0.1) is 6.04 Å². The van der Waals surface area contributed by atoms with Crippen LogP contribution in [0.3, 0.4) is 0 Å². The van der Waals surface area contributed by atoms with Gasteiger partial charge >= 0.3 is 0 Å². The Morgan fingerprint density at radius 1 is 1.05 bits per heavy atom. The summed E-state index contributed by atoms with van der Waals surface area (Å²) in [6, 6.07) is 4.36. The quantitative estimate of drug-likeness (QED) is 0.682. The zero-order valence-electron chi connectivity index (χ0n) is 14.3. The molecule has 4 heteroatoms. The molecule has 0 aliphatic carbocycles. The number of hydrogen-bond acceptors (Lipinski definition) is 4. The molecule has 0 saturated carbocycles. The van der Waals surface area contributed by atoms with Crippen LogP contribution in [0, 0.1) is 0 Å². The highest BCUT2D eigenvalue weighted by Gasteiger charge is 2.20. The van der Waals surface area contributed by atoms with Gasteiger partial charge in [-0.3, -0.25) is 4.90 Å². The average molecular weight is 295 g/mol. The van der Waals surface area contributed by atoms with E-state index in [0.717, 1.165) is 50.7 Å². The Bertz CT molecular complexity index is 374. The van der Waals surface area contributed by atoms with Gasteiger partial charge in [0.15, 0.2) is 0 Å². The molecule has 0 amide bonds. The van der Waals surface area contributed by atoms with Crippen LogP contribution in [0.2, 0.25) is 0 Å². The molecule has 2 N–H and O–H groups in total. The van der Waals surface area contributed by atoms with Crippen LogP contribution in [0.25, 0.3) is 0 Å². The van der Waals surface area contributed by atoms with Crippen molar-refractivity contribution in [1.82, 2.24) is 9.80 Å². The van der Waals surface area contributed by atoms with Crippen LogP contribution in [0.4, 0.5) is 0 Å². The molecule has 0 aromatic carbocycles. The lowest BCUT2D eigenvalue weighted by Gasteiger charge is -2.29. The number of hydrogen-bond donors (Lipinski definition) is 1. The molecule has 0 aliphatic rings. The van der Waals surface area contributed by atoms with Gasteiger partial charge in [-0.2, -0.15) is 0 Å². The van der Waals surface area contributed by atoms with E-state index in [9.17, 15) is 0 Å². The Morgan fingerprint density at radius 3 is 2.24 bits per heavy atom. The molecule has 0 bridgehead atoms. The summed E-state index contributed by atoms with van der Waals surface area (Å²) in [5.74, 6) is 2.06. The molecule has 1 unspecified atom stereocenters. The fourth-order valence-electron chi connectivity index (χ4n) is 2.78. The van der Waals surface area contributed by atoms with Crippen LogP contribution in [0.5, 0.6) is 0 Å². The summed E-state index contributed by atoms with van der Waals surface area (Å²) in [6.45, 7) is 14.8. The Balaban J connectivity index is 2.58. The van der Waals surface area contributed by atoms with Crippen molar-refractivity contribution in [1.29, 1.82) is 0 Å². The standard InChI is InChI=1S/C17H33N3O/c1-5-15-10-11-17(21-15)16(14-18)20(8-4)13-9-12-19(6-2)7-3/h10-11,16H,5-9,12-14,18H2,1-4H3. The van der Waals surface area contributed by atoms with E-state index in [4.69, 9.17) is 10.2 Å². The van der Waals surface area contributed by atoms with Crippen molar-refractivity contribution in [2.75, 3.05) is 39.3 Å². The Labute approximate surface area is 130 Å². The highest BCUT2D eigenvalue weighted by molar-refractivity contribution is 5.11. The van der Waals surface area contributed by atoms with Gasteiger partial charge in [-0.05, 0) is 44.7 Å². The van der Waals surface area contributed by atoms with E-state index in [1.54, 1.807) is 0 Å². The molecule has 122 valence electrons. The molecular formula is C17H33N3O. The summed E-state index contributed by atoms with van der Waals surface area (Å²) in [5.41, 5.74) is 6.00. The molecule has 1 aromatic heterocycles. The maximum absolute atomic E-state index is 6.00. The Hall–Kier alpha value is -0.840. The molecule has 1 heterocycles. The van der Waals surface area contributed by atoms with Crippen LogP contribution in [0.1, 0.15) is 51.7 Å². The molecule has 0 radical (unpaired) electrons. The van der Waals surface area contributed by atoms with Crippen molar-refractivity contribution in [2.24, 2.45) is 5.73 Å². The largest absolute Gasteiger partial charge is 0.464 e. The number of furan rings is 1. The first-order chi connectivity index (χ1) is 10.2. The summed E-state index contributed by atoms with van der Waals surface area (Å²) in [7, 11) is 0. The van der Waals surface area contributed by atoms with Crippen LogP contribution in [-0.4, -0.2) is 49.1 Å². The zero-order valence-corrected chi connectivity index (χ0v) is 14.3. The lowest BCUT2D eigenvalue weighted by atomic mass is 10.1. The average Bonchev–Trinajstić information content (AvgIpc) is 2.99. The van der Waals surface area contributed by atoms with Gasteiger partial charge < -0.3 is 15.1 Å². The maximum Gasteiger partial charge on any atom is 0.122 e. The van der Waals surface area contributed by atoms with Crippen LogP contribution in [-0.2, 0) is 6.42 Å². The van der Waals surface area contributed by atoms with Gasteiger partial charge in [-0.1, -0.05) is 27.7 Å². The van der Waals surface area contributed by atoms with Gasteiger partial charge in [0.1, 0.15) is 11.5 Å². The summed E-state index contributed by atoms with van der Waals surface area (Å²) >= 11 is 0. The number of likely N-dealkylation sites (N-methyl/N-ethyl adjacent to an activating group) is 1. The van der Waals surface area contributed by atoms with Crippen LogP contribution < -0.4 is 5.73 Å². The van der Waals surface area contributed by atoms with E-state index in [-0.39, 0.29) is 6.04 Å². The number of aryl methyl sites for hydroxylation is 1. The van der Waals surface area contributed by atoms with Gasteiger partial charge in [0.2, 0.25) is 0 Å². The van der Waals surface area contributed by atoms with Crippen molar-refractivity contribution < 1.29 is 4.42 Å². The minimum absolute atomic E-state index is 0.201. The van der Waals surface area contributed by atoms with Crippen molar-refractivity contribution in [3.63, 3.8) is 0 Å².